The summed E-state index contributed by atoms with van der Waals surface area (Å²) in [6.45, 7) is 16.5. The van der Waals surface area contributed by atoms with Gasteiger partial charge in [0.15, 0.2) is 5.96 Å². The topological polar surface area (TPSA) is 48.5 Å². The molecule has 0 atom stereocenters. The molecule has 4 nitrogen and oxygen atoms in total. The molecule has 0 aliphatic rings. The van der Waals surface area contributed by atoms with Crippen molar-refractivity contribution in [2.45, 2.75) is 52.5 Å². The molecule has 0 fully saturated rings. The van der Waals surface area contributed by atoms with Crippen molar-refractivity contribution in [1.82, 2.24) is 16.0 Å². The van der Waals surface area contributed by atoms with Crippen LogP contribution in [0.15, 0.2) is 35.3 Å². The Labute approximate surface area is 142 Å². The minimum Gasteiger partial charge on any atom is -0.357 e. The molecule has 3 N–H and O–H groups in total. The van der Waals surface area contributed by atoms with E-state index in [0.29, 0.717) is 0 Å². The molecule has 1 aromatic carbocycles. The lowest BCUT2D eigenvalue weighted by molar-refractivity contribution is 0.428. The van der Waals surface area contributed by atoms with Crippen molar-refractivity contribution >= 4 is 5.96 Å². The molecule has 0 aliphatic carbocycles. The number of aliphatic imine (C=N–C) groups is 1. The molecule has 130 valence electrons. The molecule has 4 heteroatoms. The van der Waals surface area contributed by atoms with Crippen molar-refractivity contribution in [3.05, 3.63) is 35.9 Å². The maximum absolute atomic E-state index is 4.76. The Kier molecular flexibility index (Phi) is 7.56. The summed E-state index contributed by atoms with van der Waals surface area (Å²) in [4.78, 5) is 4.76. The Morgan fingerprint density at radius 1 is 0.957 bits per heavy atom. The van der Waals surface area contributed by atoms with Gasteiger partial charge in [0, 0.05) is 30.6 Å². The molecule has 0 saturated carbocycles. The third kappa shape index (κ3) is 8.03. The van der Waals surface area contributed by atoms with Gasteiger partial charge in [0.2, 0.25) is 0 Å². The molecule has 0 aromatic heterocycles. The monoisotopic (exact) mass is 318 g/mol. The number of nitrogens with one attached hydrogen (secondary N) is 3. The number of hydrogen-bond acceptors (Lipinski definition) is 2. The molecule has 0 radical (unpaired) electrons. The zero-order chi connectivity index (χ0) is 17.3. The lowest BCUT2D eigenvalue weighted by Gasteiger charge is -2.24. The largest absolute Gasteiger partial charge is 0.357 e. The first-order chi connectivity index (χ1) is 10.7. The van der Waals surface area contributed by atoms with Crippen LogP contribution in [0, 0.1) is 0 Å². The summed E-state index contributed by atoms with van der Waals surface area (Å²) in [6.07, 6.45) is 0. The van der Waals surface area contributed by atoms with Crippen molar-refractivity contribution in [1.29, 1.82) is 0 Å². The van der Waals surface area contributed by atoms with Gasteiger partial charge < -0.3 is 16.0 Å². The van der Waals surface area contributed by atoms with Crippen molar-refractivity contribution < 1.29 is 0 Å². The van der Waals surface area contributed by atoms with Crippen LogP contribution in [0.3, 0.4) is 0 Å². The van der Waals surface area contributed by atoms with Gasteiger partial charge in [-0.05, 0) is 33.3 Å². The maximum atomic E-state index is 4.76. The zero-order valence-electron chi connectivity index (χ0n) is 15.7. The van der Waals surface area contributed by atoms with Gasteiger partial charge in [-0.25, -0.2) is 0 Å². The first-order valence-corrected chi connectivity index (χ1v) is 8.57. The summed E-state index contributed by atoms with van der Waals surface area (Å²) in [7, 11) is 0. The average Bonchev–Trinajstić information content (AvgIpc) is 2.49. The fourth-order valence-electron chi connectivity index (χ4n) is 2.22. The molecule has 0 unspecified atom stereocenters. The van der Waals surface area contributed by atoms with Gasteiger partial charge in [-0.2, -0.15) is 0 Å². The fraction of sp³-hybridized carbons (Fsp3) is 0.632. The Morgan fingerprint density at radius 2 is 1.61 bits per heavy atom. The van der Waals surface area contributed by atoms with Crippen LogP contribution in [0.4, 0.5) is 0 Å². The van der Waals surface area contributed by atoms with E-state index in [0.717, 1.165) is 32.1 Å². The summed E-state index contributed by atoms with van der Waals surface area (Å²) < 4.78 is 0. The lowest BCUT2D eigenvalue weighted by atomic mass is 9.85. The minimum absolute atomic E-state index is 0.0211. The molecule has 1 aromatic rings. The van der Waals surface area contributed by atoms with Crippen LogP contribution in [-0.2, 0) is 5.41 Å². The molecular formula is C19H34N4. The SMILES string of the molecule is CCNC(=NCC(C)(C)c1ccccc1)NCCNC(C)(C)C. The van der Waals surface area contributed by atoms with Crippen LogP contribution in [-0.4, -0.2) is 37.7 Å². The van der Waals surface area contributed by atoms with Crippen LogP contribution in [0.25, 0.3) is 0 Å². The van der Waals surface area contributed by atoms with E-state index in [9.17, 15) is 0 Å². The Morgan fingerprint density at radius 3 is 2.17 bits per heavy atom. The highest BCUT2D eigenvalue weighted by Crippen LogP contribution is 2.22. The van der Waals surface area contributed by atoms with Crippen molar-refractivity contribution in [2.24, 2.45) is 4.99 Å². The molecule has 0 heterocycles. The second-order valence-electron chi connectivity index (χ2n) is 7.55. The number of benzene rings is 1. The molecule has 0 aliphatic heterocycles. The standard InChI is InChI=1S/C19H34N4/c1-7-20-17(21-13-14-23-18(2,3)4)22-15-19(5,6)16-11-9-8-10-12-16/h8-12,23H,7,13-15H2,1-6H3,(H2,20,21,22). The third-order valence-corrected chi connectivity index (χ3v) is 3.60. The average molecular weight is 319 g/mol. The van der Waals surface area contributed by atoms with Crippen LogP contribution < -0.4 is 16.0 Å². The van der Waals surface area contributed by atoms with E-state index in [-0.39, 0.29) is 11.0 Å². The highest BCUT2D eigenvalue weighted by molar-refractivity contribution is 5.79. The summed E-state index contributed by atoms with van der Waals surface area (Å²) >= 11 is 0. The van der Waals surface area contributed by atoms with E-state index in [4.69, 9.17) is 4.99 Å². The van der Waals surface area contributed by atoms with Crippen LogP contribution >= 0.6 is 0 Å². The quantitative estimate of drug-likeness (QED) is 0.411. The van der Waals surface area contributed by atoms with E-state index in [2.05, 4.69) is 87.8 Å². The molecule has 0 amide bonds. The van der Waals surface area contributed by atoms with E-state index in [1.54, 1.807) is 0 Å². The van der Waals surface area contributed by atoms with E-state index >= 15 is 0 Å². The van der Waals surface area contributed by atoms with E-state index in [1.807, 2.05) is 0 Å². The van der Waals surface area contributed by atoms with E-state index < -0.39 is 0 Å². The molecule has 23 heavy (non-hydrogen) atoms. The van der Waals surface area contributed by atoms with Gasteiger partial charge in [0.1, 0.15) is 0 Å². The van der Waals surface area contributed by atoms with Gasteiger partial charge >= 0.3 is 0 Å². The number of hydrogen-bond donors (Lipinski definition) is 3. The van der Waals surface area contributed by atoms with Gasteiger partial charge in [0.25, 0.3) is 0 Å². The highest BCUT2D eigenvalue weighted by Gasteiger charge is 2.20. The highest BCUT2D eigenvalue weighted by atomic mass is 15.2. The van der Waals surface area contributed by atoms with Crippen molar-refractivity contribution in [3.8, 4) is 0 Å². The predicted molar refractivity (Wildman–Crippen MR) is 101 cm³/mol. The smallest absolute Gasteiger partial charge is 0.191 e. The minimum atomic E-state index is 0.0211. The van der Waals surface area contributed by atoms with Gasteiger partial charge in [-0.3, -0.25) is 4.99 Å². The summed E-state index contributed by atoms with van der Waals surface area (Å²) in [5.74, 6) is 0.882. The second-order valence-corrected chi connectivity index (χ2v) is 7.55. The van der Waals surface area contributed by atoms with E-state index in [1.165, 1.54) is 5.56 Å². The number of nitrogens with zero attached hydrogens (tertiary/aromatic N) is 1. The van der Waals surface area contributed by atoms with Crippen molar-refractivity contribution in [2.75, 3.05) is 26.2 Å². The Bertz CT molecular complexity index is 472. The predicted octanol–water partition coefficient (Wildman–Crippen LogP) is 2.91. The molecule has 1 rings (SSSR count). The van der Waals surface area contributed by atoms with Gasteiger partial charge in [0.05, 0.1) is 6.54 Å². The zero-order valence-corrected chi connectivity index (χ0v) is 15.7. The lowest BCUT2D eigenvalue weighted by Crippen LogP contribution is -2.44. The maximum Gasteiger partial charge on any atom is 0.191 e. The van der Waals surface area contributed by atoms with Gasteiger partial charge in [-0.15, -0.1) is 0 Å². The Hall–Kier alpha value is -1.55. The molecule has 0 spiro atoms. The number of rotatable bonds is 7. The molecule has 0 saturated heterocycles. The first kappa shape index (κ1) is 19.5. The fourth-order valence-corrected chi connectivity index (χ4v) is 2.22. The second kappa shape index (κ2) is 8.92. The normalized spacial score (nSPS) is 13.0. The molecular weight excluding hydrogens is 284 g/mol. The van der Waals surface area contributed by atoms with Crippen LogP contribution in [0.5, 0.6) is 0 Å². The Balaban J connectivity index is 2.57. The summed E-state index contributed by atoms with van der Waals surface area (Å²) in [6, 6.07) is 10.6. The summed E-state index contributed by atoms with van der Waals surface area (Å²) in [5.41, 5.74) is 1.48. The summed E-state index contributed by atoms with van der Waals surface area (Å²) in [5, 5.41) is 10.2. The van der Waals surface area contributed by atoms with Crippen LogP contribution in [0.2, 0.25) is 0 Å². The van der Waals surface area contributed by atoms with Gasteiger partial charge in [-0.1, -0.05) is 44.2 Å². The molecule has 0 bridgehead atoms. The first-order valence-electron chi connectivity index (χ1n) is 8.57. The van der Waals surface area contributed by atoms with Crippen molar-refractivity contribution in [3.63, 3.8) is 0 Å². The number of guanidine groups is 1. The van der Waals surface area contributed by atoms with Crippen LogP contribution in [0.1, 0.15) is 47.1 Å². The third-order valence-electron chi connectivity index (χ3n) is 3.60.